The maximum Gasteiger partial charge on any atom is 0.234 e. The Bertz CT molecular complexity index is 411. The lowest BCUT2D eigenvalue weighted by Crippen LogP contribution is -2.39. The summed E-state index contributed by atoms with van der Waals surface area (Å²) in [6, 6.07) is 8.35. The van der Waals surface area contributed by atoms with Gasteiger partial charge >= 0.3 is 0 Å². The van der Waals surface area contributed by atoms with E-state index in [1.54, 1.807) is 11.8 Å². The summed E-state index contributed by atoms with van der Waals surface area (Å²) >= 11 is 7.59. The summed E-state index contributed by atoms with van der Waals surface area (Å²) in [6.45, 7) is 3.95. The van der Waals surface area contributed by atoms with Crippen LogP contribution in [0.3, 0.4) is 0 Å². The van der Waals surface area contributed by atoms with Crippen molar-refractivity contribution in [3.63, 3.8) is 0 Å². The third-order valence-electron chi connectivity index (χ3n) is 3.01. The monoisotopic (exact) mass is 283 g/mol. The first kappa shape index (κ1) is 13.8. The van der Waals surface area contributed by atoms with Crippen molar-refractivity contribution in [2.24, 2.45) is 0 Å². The lowest BCUT2D eigenvalue weighted by molar-refractivity contribution is -0.121. The van der Waals surface area contributed by atoms with E-state index in [2.05, 4.69) is 17.4 Å². The summed E-state index contributed by atoms with van der Waals surface area (Å²) < 4.78 is 0. The molecule has 1 aliphatic rings. The molecule has 18 heavy (non-hydrogen) atoms. The van der Waals surface area contributed by atoms with Crippen LogP contribution in [0, 0.1) is 0 Å². The Hall–Kier alpha value is -0.670. The Morgan fingerprint density at radius 2 is 2.22 bits per heavy atom. The Morgan fingerprint density at radius 1 is 1.50 bits per heavy atom. The van der Waals surface area contributed by atoms with E-state index in [1.807, 2.05) is 26.0 Å². The molecule has 4 heteroatoms. The van der Waals surface area contributed by atoms with E-state index in [4.69, 9.17) is 11.6 Å². The summed E-state index contributed by atoms with van der Waals surface area (Å²) in [7, 11) is 0. The van der Waals surface area contributed by atoms with Crippen molar-refractivity contribution in [2.75, 3.05) is 0 Å². The predicted molar refractivity (Wildman–Crippen MR) is 77.3 cm³/mol. The van der Waals surface area contributed by atoms with E-state index in [9.17, 15) is 4.79 Å². The molecule has 3 atom stereocenters. The highest BCUT2D eigenvalue weighted by molar-refractivity contribution is 8.01. The van der Waals surface area contributed by atoms with Crippen molar-refractivity contribution in [2.45, 2.75) is 48.3 Å². The van der Waals surface area contributed by atoms with Crippen LogP contribution >= 0.6 is 23.4 Å². The molecular weight excluding hydrogens is 266 g/mol. The van der Waals surface area contributed by atoms with Crippen LogP contribution in [0.2, 0.25) is 0 Å². The zero-order chi connectivity index (χ0) is 13.1. The molecule has 98 valence electrons. The van der Waals surface area contributed by atoms with Crippen molar-refractivity contribution in [1.82, 2.24) is 5.32 Å². The second-order valence-electron chi connectivity index (χ2n) is 4.84. The molecule has 1 aromatic rings. The Labute approximate surface area is 117 Å². The summed E-state index contributed by atoms with van der Waals surface area (Å²) in [4.78, 5) is 13.4. The van der Waals surface area contributed by atoms with Gasteiger partial charge in [-0.1, -0.05) is 18.2 Å². The first-order valence-electron chi connectivity index (χ1n) is 6.25. The third kappa shape index (κ3) is 3.42. The average molecular weight is 284 g/mol. The molecule has 0 bridgehead atoms. The first-order chi connectivity index (χ1) is 8.56. The summed E-state index contributed by atoms with van der Waals surface area (Å²) in [5, 5.41) is 3.14. The van der Waals surface area contributed by atoms with Gasteiger partial charge in [-0.15, -0.1) is 23.4 Å². The predicted octanol–water partition coefficient (Wildman–Crippen LogP) is 3.23. The minimum absolute atomic E-state index is 0.00971. The molecular formula is C14H18ClNOS. The van der Waals surface area contributed by atoms with Crippen molar-refractivity contribution >= 4 is 29.3 Å². The van der Waals surface area contributed by atoms with Crippen molar-refractivity contribution in [3.05, 3.63) is 29.8 Å². The van der Waals surface area contributed by atoms with Crippen LogP contribution < -0.4 is 5.32 Å². The number of hydrogen-bond donors (Lipinski definition) is 1. The summed E-state index contributed by atoms with van der Waals surface area (Å²) in [5.74, 6) is 0.126. The lowest BCUT2D eigenvalue weighted by Gasteiger charge is -2.17. The number of rotatable bonds is 4. The van der Waals surface area contributed by atoms with Crippen LogP contribution in [0.5, 0.6) is 0 Å². The highest BCUT2D eigenvalue weighted by atomic mass is 35.5. The zero-order valence-electron chi connectivity index (χ0n) is 10.7. The molecule has 0 spiro atoms. The summed E-state index contributed by atoms with van der Waals surface area (Å²) in [6.07, 6.45) is 1.63. The zero-order valence-corrected chi connectivity index (χ0v) is 12.2. The highest BCUT2D eigenvalue weighted by Gasteiger charge is 2.28. The Balaban J connectivity index is 1.89. The normalized spacial score (nSPS) is 21.2. The standard InChI is InChI=1S/C14H18ClNOS/c1-9(15)7-10(2)16-14(17)13-8-11-5-3-4-6-12(11)18-13/h3-6,9-10,13H,7-8H2,1-2H3,(H,16,17). The molecule has 0 fully saturated rings. The topological polar surface area (TPSA) is 29.1 Å². The fraction of sp³-hybridized carbons (Fsp3) is 0.500. The molecule has 1 heterocycles. The minimum Gasteiger partial charge on any atom is -0.353 e. The van der Waals surface area contributed by atoms with E-state index >= 15 is 0 Å². The second kappa shape index (κ2) is 5.98. The average Bonchev–Trinajstić information content (AvgIpc) is 2.71. The number of benzene rings is 1. The van der Waals surface area contributed by atoms with Crippen LogP contribution in [0.4, 0.5) is 0 Å². The van der Waals surface area contributed by atoms with Gasteiger partial charge < -0.3 is 5.32 Å². The van der Waals surface area contributed by atoms with Gasteiger partial charge in [-0.3, -0.25) is 4.79 Å². The number of thioether (sulfide) groups is 1. The Kier molecular flexibility index (Phi) is 4.57. The van der Waals surface area contributed by atoms with Crippen LogP contribution in [-0.2, 0) is 11.2 Å². The number of fused-ring (bicyclic) bond motifs is 1. The number of nitrogens with one attached hydrogen (secondary N) is 1. The molecule has 0 saturated carbocycles. The quantitative estimate of drug-likeness (QED) is 0.860. The molecule has 1 aromatic carbocycles. The number of halogens is 1. The molecule has 0 aliphatic carbocycles. The van der Waals surface area contributed by atoms with Crippen molar-refractivity contribution < 1.29 is 4.79 Å². The van der Waals surface area contributed by atoms with Crippen molar-refractivity contribution in [3.8, 4) is 0 Å². The van der Waals surface area contributed by atoms with Crippen LogP contribution in [-0.4, -0.2) is 22.6 Å². The lowest BCUT2D eigenvalue weighted by atomic mass is 10.1. The largest absolute Gasteiger partial charge is 0.353 e. The van der Waals surface area contributed by atoms with Gasteiger partial charge in [0.05, 0.1) is 5.25 Å². The maximum absolute atomic E-state index is 12.1. The molecule has 2 nitrogen and oxygen atoms in total. The fourth-order valence-corrected chi connectivity index (χ4v) is 3.68. The van der Waals surface area contributed by atoms with Gasteiger partial charge in [0.1, 0.15) is 0 Å². The smallest absolute Gasteiger partial charge is 0.234 e. The molecule has 0 saturated heterocycles. The third-order valence-corrected chi connectivity index (χ3v) is 4.50. The molecule has 0 aromatic heterocycles. The molecule has 0 radical (unpaired) electrons. The molecule has 1 amide bonds. The first-order valence-corrected chi connectivity index (χ1v) is 7.57. The second-order valence-corrected chi connectivity index (χ2v) is 6.83. The van der Waals surface area contributed by atoms with Crippen LogP contribution in [0.15, 0.2) is 29.2 Å². The number of alkyl halides is 1. The highest BCUT2D eigenvalue weighted by Crippen LogP contribution is 2.36. The van der Waals surface area contributed by atoms with Gasteiger partial charge in [0.25, 0.3) is 0 Å². The number of amides is 1. The van der Waals surface area contributed by atoms with Gasteiger partial charge in [-0.2, -0.15) is 0 Å². The van der Waals surface area contributed by atoms with Gasteiger partial charge in [0, 0.05) is 16.3 Å². The van der Waals surface area contributed by atoms with Gasteiger partial charge in [0.15, 0.2) is 0 Å². The van der Waals surface area contributed by atoms with E-state index in [-0.39, 0.29) is 22.6 Å². The number of carbonyl (C=O) groups is 1. The van der Waals surface area contributed by atoms with Crippen LogP contribution in [0.1, 0.15) is 25.8 Å². The van der Waals surface area contributed by atoms with E-state index < -0.39 is 0 Å². The van der Waals surface area contributed by atoms with E-state index in [0.29, 0.717) is 0 Å². The molecule has 3 unspecified atom stereocenters. The fourth-order valence-electron chi connectivity index (χ4n) is 2.21. The maximum atomic E-state index is 12.1. The number of carbonyl (C=O) groups excluding carboxylic acids is 1. The van der Waals surface area contributed by atoms with Gasteiger partial charge in [0.2, 0.25) is 5.91 Å². The minimum atomic E-state index is 0.00971. The van der Waals surface area contributed by atoms with E-state index in [1.165, 1.54) is 10.5 Å². The Morgan fingerprint density at radius 3 is 2.89 bits per heavy atom. The molecule has 2 rings (SSSR count). The molecule has 1 N–H and O–H groups in total. The number of hydrogen-bond acceptors (Lipinski definition) is 2. The van der Waals surface area contributed by atoms with E-state index in [0.717, 1.165) is 12.8 Å². The van der Waals surface area contributed by atoms with Crippen LogP contribution in [0.25, 0.3) is 0 Å². The van der Waals surface area contributed by atoms with Crippen molar-refractivity contribution in [1.29, 1.82) is 0 Å². The van der Waals surface area contributed by atoms with Gasteiger partial charge in [-0.25, -0.2) is 0 Å². The molecule has 1 aliphatic heterocycles. The SMILES string of the molecule is CC(Cl)CC(C)NC(=O)C1Cc2ccccc2S1. The summed E-state index contributed by atoms with van der Waals surface area (Å²) in [5.41, 5.74) is 1.28. The van der Waals surface area contributed by atoms with Gasteiger partial charge in [-0.05, 0) is 38.3 Å².